The van der Waals surface area contributed by atoms with Crippen LogP contribution in [0.15, 0.2) is 18.2 Å². The van der Waals surface area contributed by atoms with Crippen molar-refractivity contribution in [1.82, 2.24) is 0 Å². The van der Waals surface area contributed by atoms with Crippen molar-refractivity contribution in [3.05, 3.63) is 28.3 Å². The maximum absolute atomic E-state index is 12.3. The SMILES string of the molecule is CC(C)C1Oc2cc([N+](=O)[O-])ccc2N(CC#N)C1=O. The highest BCUT2D eigenvalue weighted by Crippen LogP contribution is 2.37. The van der Waals surface area contributed by atoms with Crippen LogP contribution in [0.25, 0.3) is 0 Å². The van der Waals surface area contributed by atoms with Gasteiger partial charge in [0.1, 0.15) is 6.54 Å². The zero-order valence-corrected chi connectivity index (χ0v) is 11.1. The Kier molecular flexibility index (Phi) is 3.57. The number of amides is 1. The Bertz CT molecular complexity index is 606. The highest BCUT2D eigenvalue weighted by Gasteiger charge is 2.36. The fraction of sp³-hybridized carbons (Fsp3) is 0.385. The van der Waals surface area contributed by atoms with E-state index in [9.17, 15) is 14.9 Å². The van der Waals surface area contributed by atoms with Gasteiger partial charge in [-0.3, -0.25) is 19.8 Å². The molecule has 1 atom stereocenters. The number of benzene rings is 1. The van der Waals surface area contributed by atoms with Gasteiger partial charge in [-0.2, -0.15) is 5.26 Å². The predicted molar refractivity (Wildman–Crippen MR) is 70.3 cm³/mol. The summed E-state index contributed by atoms with van der Waals surface area (Å²) in [5.74, 6) is -0.147. The molecule has 0 radical (unpaired) electrons. The van der Waals surface area contributed by atoms with Gasteiger partial charge in [-0.1, -0.05) is 13.8 Å². The molecule has 1 unspecified atom stereocenters. The minimum Gasteiger partial charge on any atom is -0.478 e. The molecule has 2 rings (SSSR count). The first kappa shape index (κ1) is 13.8. The molecule has 0 N–H and O–H groups in total. The molecule has 7 nitrogen and oxygen atoms in total. The summed E-state index contributed by atoms with van der Waals surface area (Å²) in [6, 6.07) is 5.92. The van der Waals surface area contributed by atoms with Crippen LogP contribution in [0.2, 0.25) is 0 Å². The lowest BCUT2D eigenvalue weighted by atomic mass is 10.0. The molecule has 1 aliphatic rings. The maximum atomic E-state index is 12.3. The van der Waals surface area contributed by atoms with E-state index >= 15 is 0 Å². The van der Waals surface area contributed by atoms with Gasteiger partial charge in [-0.15, -0.1) is 0 Å². The first-order valence-corrected chi connectivity index (χ1v) is 6.09. The van der Waals surface area contributed by atoms with Crippen LogP contribution in [0.3, 0.4) is 0 Å². The molecular weight excluding hydrogens is 262 g/mol. The molecule has 20 heavy (non-hydrogen) atoms. The Morgan fingerprint density at radius 1 is 1.55 bits per heavy atom. The first-order valence-electron chi connectivity index (χ1n) is 6.09. The number of carbonyl (C=O) groups excluding carboxylic acids is 1. The highest BCUT2D eigenvalue weighted by atomic mass is 16.6. The van der Waals surface area contributed by atoms with E-state index in [1.807, 2.05) is 19.9 Å². The van der Waals surface area contributed by atoms with Gasteiger partial charge < -0.3 is 4.74 Å². The summed E-state index contributed by atoms with van der Waals surface area (Å²) in [7, 11) is 0. The average molecular weight is 275 g/mol. The molecule has 104 valence electrons. The third-order valence-electron chi connectivity index (χ3n) is 3.04. The molecule has 1 aliphatic heterocycles. The normalized spacial score (nSPS) is 17.4. The molecule has 1 aromatic carbocycles. The van der Waals surface area contributed by atoms with E-state index in [4.69, 9.17) is 10.00 Å². The Hall–Kier alpha value is -2.62. The van der Waals surface area contributed by atoms with Crippen LogP contribution < -0.4 is 9.64 Å². The number of nitro groups is 1. The number of rotatable bonds is 3. The van der Waals surface area contributed by atoms with Crippen LogP contribution in [0, 0.1) is 27.4 Å². The van der Waals surface area contributed by atoms with Crippen LogP contribution >= 0.6 is 0 Å². The smallest absolute Gasteiger partial charge is 0.273 e. The molecule has 0 bridgehead atoms. The number of non-ortho nitro benzene ring substituents is 1. The molecule has 1 aromatic rings. The van der Waals surface area contributed by atoms with E-state index in [0.29, 0.717) is 5.69 Å². The van der Waals surface area contributed by atoms with Crippen molar-refractivity contribution >= 4 is 17.3 Å². The van der Waals surface area contributed by atoms with Gasteiger partial charge >= 0.3 is 0 Å². The molecule has 1 amide bonds. The molecule has 0 aliphatic carbocycles. The van der Waals surface area contributed by atoms with E-state index in [0.717, 1.165) is 0 Å². The van der Waals surface area contributed by atoms with Crippen LogP contribution in [0.4, 0.5) is 11.4 Å². The quantitative estimate of drug-likeness (QED) is 0.476. The Balaban J connectivity index is 2.50. The minimum atomic E-state index is -0.738. The molecule has 0 saturated heterocycles. The molecular formula is C13H13N3O4. The van der Waals surface area contributed by atoms with Gasteiger partial charge in [-0.25, -0.2) is 0 Å². The zero-order valence-electron chi connectivity index (χ0n) is 11.1. The van der Waals surface area contributed by atoms with Crippen molar-refractivity contribution < 1.29 is 14.5 Å². The van der Waals surface area contributed by atoms with Crippen LogP contribution in [-0.2, 0) is 4.79 Å². The number of hydrogen-bond acceptors (Lipinski definition) is 5. The number of nitro benzene ring substituents is 1. The van der Waals surface area contributed by atoms with Crippen molar-refractivity contribution in [3.63, 3.8) is 0 Å². The number of anilines is 1. The molecule has 7 heteroatoms. The number of carbonyl (C=O) groups is 1. The van der Waals surface area contributed by atoms with Crippen molar-refractivity contribution in [2.75, 3.05) is 11.4 Å². The lowest BCUT2D eigenvalue weighted by molar-refractivity contribution is -0.384. The van der Waals surface area contributed by atoms with Crippen molar-refractivity contribution in [2.24, 2.45) is 5.92 Å². The average Bonchev–Trinajstić information content (AvgIpc) is 2.40. The van der Waals surface area contributed by atoms with Gasteiger partial charge in [-0.05, 0) is 12.0 Å². The molecule has 0 aromatic heterocycles. The lowest BCUT2D eigenvalue weighted by Crippen LogP contribution is -2.48. The lowest BCUT2D eigenvalue weighted by Gasteiger charge is -2.34. The maximum Gasteiger partial charge on any atom is 0.273 e. The van der Waals surface area contributed by atoms with Gasteiger partial charge in [0.05, 0.1) is 22.7 Å². The largest absolute Gasteiger partial charge is 0.478 e. The molecule has 0 spiro atoms. The molecule has 0 saturated carbocycles. The van der Waals surface area contributed by atoms with E-state index in [1.165, 1.54) is 23.1 Å². The van der Waals surface area contributed by atoms with Crippen molar-refractivity contribution in [1.29, 1.82) is 5.26 Å². The predicted octanol–water partition coefficient (Wildman–Crippen LogP) is 1.87. The Morgan fingerprint density at radius 2 is 2.25 bits per heavy atom. The monoisotopic (exact) mass is 275 g/mol. The zero-order chi connectivity index (χ0) is 14.9. The topological polar surface area (TPSA) is 96.5 Å². The van der Waals surface area contributed by atoms with E-state index < -0.39 is 11.0 Å². The number of hydrogen-bond donors (Lipinski definition) is 0. The highest BCUT2D eigenvalue weighted by molar-refractivity contribution is 6.00. The second-order valence-corrected chi connectivity index (χ2v) is 4.77. The third kappa shape index (κ3) is 2.28. The number of nitriles is 1. The van der Waals surface area contributed by atoms with Crippen LogP contribution in [0.1, 0.15) is 13.8 Å². The molecule has 0 fully saturated rings. The Morgan fingerprint density at radius 3 is 2.80 bits per heavy atom. The summed E-state index contributed by atoms with van der Waals surface area (Å²) in [4.78, 5) is 23.8. The second kappa shape index (κ2) is 5.17. The van der Waals surface area contributed by atoms with E-state index in [1.54, 1.807) is 0 Å². The summed E-state index contributed by atoms with van der Waals surface area (Å²) in [5, 5.41) is 19.6. The van der Waals surface area contributed by atoms with Crippen molar-refractivity contribution in [3.8, 4) is 11.8 Å². The standard InChI is InChI=1S/C13H13N3O4/c1-8(2)12-13(17)15(6-5-14)10-4-3-9(16(18)19)7-11(10)20-12/h3-4,7-8,12H,6H2,1-2H3. The van der Waals surface area contributed by atoms with Crippen LogP contribution in [0.5, 0.6) is 5.75 Å². The summed E-state index contributed by atoms with van der Waals surface area (Å²) < 4.78 is 5.57. The summed E-state index contributed by atoms with van der Waals surface area (Å²) in [6.45, 7) is 3.52. The van der Waals surface area contributed by atoms with E-state index in [-0.39, 0.29) is 29.8 Å². The fourth-order valence-corrected chi connectivity index (χ4v) is 2.05. The van der Waals surface area contributed by atoms with E-state index in [2.05, 4.69) is 0 Å². The number of fused-ring (bicyclic) bond motifs is 1. The molecule has 1 heterocycles. The fourth-order valence-electron chi connectivity index (χ4n) is 2.05. The number of ether oxygens (including phenoxy) is 1. The summed E-state index contributed by atoms with van der Waals surface area (Å²) in [5.41, 5.74) is 0.275. The number of nitrogens with zero attached hydrogens (tertiary/aromatic N) is 3. The third-order valence-corrected chi connectivity index (χ3v) is 3.04. The van der Waals surface area contributed by atoms with Gasteiger partial charge in [0.25, 0.3) is 11.6 Å². The van der Waals surface area contributed by atoms with Gasteiger partial charge in [0.2, 0.25) is 0 Å². The van der Waals surface area contributed by atoms with Crippen LogP contribution in [-0.4, -0.2) is 23.5 Å². The van der Waals surface area contributed by atoms with Crippen molar-refractivity contribution in [2.45, 2.75) is 20.0 Å². The van der Waals surface area contributed by atoms with Gasteiger partial charge in [0.15, 0.2) is 11.9 Å². The Labute approximate surface area is 115 Å². The second-order valence-electron chi connectivity index (χ2n) is 4.77. The first-order chi connectivity index (χ1) is 9.45. The minimum absolute atomic E-state index is 0.101. The summed E-state index contributed by atoms with van der Waals surface area (Å²) >= 11 is 0. The van der Waals surface area contributed by atoms with Gasteiger partial charge in [0, 0.05) is 6.07 Å². The summed E-state index contributed by atoms with van der Waals surface area (Å²) in [6.07, 6.45) is -0.738.